The summed E-state index contributed by atoms with van der Waals surface area (Å²) in [7, 11) is 1.33. The summed E-state index contributed by atoms with van der Waals surface area (Å²) in [5, 5.41) is 0. The van der Waals surface area contributed by atoms with E-state index < -0.39 is 5.97 Å². The Hall–Kier alpha value is -2.50. The number of esters is 1. The lowest BCUT2D eigenvalue weighted by Crippen LogP contribution is -2.41. The van der Waals surface area contributed by atoms with Crippen LogP contribution in [0.25, 0.3) is 11.9 Å². The Kier molecular flexibility index (Phi) is 7.33. The maximum atomic E-state index is 14.1. The number of methoxy groups -OCH3 is 1. The van der Waals surface area contributed by atoms with E-state index in [0.717, 1.165) is 5.56 Å². The number of carbonyl (C=O) groups excluding carboxylic acids is 1. The van der Waals surface area contributed by atoms with Crippen molar-refractivity contribution in [2.24, 2.45) is 0 Å². The van der Waals surface area contributed by atoms with E-state index in [1.54, 1.807) is 36.4 Å². The number of hydrogen-bond acceptors (Lipinski definition) is 4. The van der Waals surface area contributed by atoms with Gasteiger partial charge in [-0.05, 0) is 64.5 Å². The van der Waals surface area contributed by atoms with Crippen LogP contribution in [0, 0.1) is 6.92 Å². The second-order valence-electron chi connectivity index (χ2n) is 7.90. The summed E-state index contributed by atoms with van der Waals surface area (Å²) in [5.41, 5.74) is 2.42. The third kappa shape index (κ3) is 5.99. The highest BCUT2D eigenvalue weighted by molar-refractivity contribution is 5.89. The van der Waals surface area contributed by atoms with Gasteiger partial charge in [-0.3, -0.25) is 0 Å². The first-order chi connectivity index (χ1) is 13.6. The minimum Gasteiger partial charge on any atom is -0.465 e. The Labute approximate surface area is 172 Å². The number of aryl methyl sites for hydroxylation is 1. The molecule has 1 heterocycles. The van der Waals surface area contributed by atoms with Gasteiger partial charge in [0.1, 0.15) is 12.6 Å². The third-order valence-electron chi connectivity index (χ3n) is 5.21. The quantitative estimate of drug-likeness (QED) is 0.483. The highest BCUT2D eigenvalue weighted by atomic mass is 19.1. The molecule has 29 heavy (non-hydrogen) atoms. The molecule has 0 unspecified atom stereocenters. The average Bonchev–Trinajstić information content (AvgIpc) is 2.92. The summed E-state index contributed by atoms with van der Waals surface area (Å²) in [5.74, 6) is -0.709. The maximum absolute atomic E-state index is 14.1. The van der Waals surface area contributed by atoms with Crippen LogP contribution < -0.4 is 0 Å². The summed E-state index contributed by atoms with van der Waals surface area (Å²) >= 11 is 0. The molecule has 5 heteroatoms. The summed E-state index contributed by atoms with van der Waals surface area (Å²) in [6, 6.07) is 13.8. The van der Waals surface area contributed by atoms with Crippen LogP contribution in [0.5, 0.6) is 0 Å². The zero-order valence-electron chi connectivity index (χ0n) is 17.9. The van der Waals surface area contributed by atoms with Crippen molar-refractivity contribution in [3.8, 4) is 0 Å². The van der Waals surface area contributed by atoms with Crippen LogP contribution in [0.1, 0.15) is 54.7 Å². The molecule has 1 aliphatic rings. The Morgan fingerprint density at radius 3 is 2.03 bits per heavy atom. The second-order valence-corrected chi connectivity index (χ2v) is 7.90. The van der Waals surface area contributed by atoms with Gasteiger partial charge in [-0.15, -0.1) is 0 Å². The van der Waals surface area contributed by atoms with Crippen molar-refractivity contribution in [2.75, 3.05) is 13.9 Å². The predicted molar refractivity (Wildman–Crippen MR) is 113 cm³/mol. The highest BCUT2D eigenvalue weighted by Gasteiger charge is 2.44. The van der Waals surface area contributed by atoms with E-state index in [9.17, 15) is 9.18 Å². The number of rotatable bonds is 3. The van der Waals surface area contributed by atoms with E-state index in [1.807, 2.05) is 46.8 Å². The van der Waals surface area contributed by atoms with Crippen LogP contribution in [-0.4, -0.2) is 31.1 Å². The largest absolute Gasteiger partial charge is 0.465 e. The van der Waals surface area contributed by atoms with E-state index in [-0.39, 0.29) is 17.0 Å². The molecule has 1 fully saturated rings. The summed E-state index contributed by atoms with van der Waals surface area (Å²) in [6.45, 7) is 10.5. The van der Waals surface area contributed by atoms with Gasteiger partial charge in [-0.1, -0.05) is 35.9 Å². The first-order valence-corrected chi connectivity index (χ1v) is 9.46. The molecule has 2 aromatic carbocycles. The molecule has 0 atom stereocenters. The van der Waals surface area contributed by atoms with Gasteiger partial charge >= 0.3 is 5.97 Å². The van der Waals surface area contributed by atoms with Crippen molar-refractivity contribution < 1.29 is 23.4 Å². The normalized spacial score (nSPS) is 17.3. The molecule has 3 rings (SSSR count). The molecule has 0 aromatic heterocycles. The van der Waals surface area contributed by atoms with Gasteiger partial charge in [0.15, 0.2) is 0 Å². The van der Waals surface area contributed by atoms with Crippen LogP contribution in [-0.2, 0) is 14.2 Å². The molecule has 4 nitrogen and oxygen atoms in total. The molecule has 156 valence electrons. The Morgan fingerprint density at radius 1 is 1.00 bits per heavy atom. The minimum atomic E-state index is -0.403. The molecule has 0 spiro atoms. The van der Waals surface area contributed by atoms with Gasteiger partial charge in [0.25, 0.3) is 0 Å². The van der Waals surface area contributed by atoms with Gasteiger partial charge in [0.05, 0.1) is 23.9 Å². The van der Waals surface area contributed by atoms with E-state index in [2.05, 4.69) is 4.74 Å². The van der Waals surface area contributed by atoms with Crippen molar-refractivity contribution in [2.45, 2.75) is 45.8 Å². The Bertz CT molecular complexity index is 853. The SMILES string of the molecule is CC1(C)OCOC1(C)C.COC(=O)c1ccc(/C=C(\F)c2cccc(C)c2)cc1. The van der Waals surface area contributed by atoms with Crippen LogP contribution in [0.3, 0.4) is 0 Å². The smallest absolute Gasteiger partial charge is 0.337 e. The fourth-order valence-electron chi connectivity index (χ4n) is 2.53. The molecular weight excluding hydrogens is 371 g/mol. The fraction of sp³-hybridized carbons (Fsp3) is 0.375. The highest BCUT2D eigenvalue weighted by Crippen LogP contribution is 2.34. The van der Waals surface area contributed by atoms with E-state index in [1.165, 1.54) is 13.2 Å². The number of ether oxygens (including phenoxy) is 3. The molecule has 0 bridgehead atoms. The predicted octanol–water partition coefficient (Wildman–Crippen LogP) is 5.80. The molecule has 0 radical (unpaired) electrons. The van der Waals surface area contributed by atoms with Gasteiger partial charge in [0, 0.05) is 5.56 Å². The Balaban J connectivity index is 0.000000278. The van der Waals surface area contributed by atoms with Crippen LogP contribution in [0.2, 0.25) is 0 Å². The van der Waals surface area contributed by atoms with Crippen molar-refractivity contribution in [1.82, 2.24) is 0 Å². The molecular formula is C24H29FO4. The maximum Gasteiger partial charge on any atom is 0.337 e. The third-order valence-corrected chi connectivity index (χ3v) is 5.21. The lowest BCUT2D eigenvalue weighted by Gasteiger charge is -2.30. The Morgan fingerprint density at radius 2 is 1.59 bits per heavy atom. The summed E-state index contributed by atoms with van der Waals surface area (Å²) in [4.78, 5) is 11.3. The monoisotopic (exact) mass is 400 g/mol. The summed E-state index contributed by atoms with van der Waals surface area (Å²) in [6.07, 6.45) is 1.44. The first kappa shape index (κ1) is 22.8. The molecule has 2 aromatic rings. The van der Waals surface area contributed by atoms with Crippen molar-refractivity contribution >= 4 is 17.9 Å². The van der Waals surface area contributed by atoms with Gasteiger partial charge < -0.3 is 14.2 Å². The molecule has 0 N–H and O–H groups in total. The van der Waals surface area contributed by atoms with Crippen molar-refractivity contribution in [3.63, 3.8) is 0 Å². The lowest BCUT2D eigenvalue weighted by molar-refractivity contribution is 0.00578. The average molecular weight is 400 g/mol. The molecule has 1 saturated heterocycles. The van der Waals surface area contributed by atoms with Gasteiger partial charge in [-0.2, -0.15) is 0 Å². The van der Waals surface area contributed by atoms with E-state index >= 15 is 0 Å². The van der Waals surface area contributed by atoms with Crippen LogP contribution in [0.15, 0.2) is 48.5 Å². The zero-order chi connectivity index (χ0) is 21.7. The van der Waals surface area contributed by atoms with Gasteiger partial charge in [-0.25, -0.2) is 9.18 Å². The van der Waals surface area contributed by atoms with E-state index in [4.69, 9.17) is 9.47 Å². The minimum absolute atomic E-state index is 0.132. The molecule has 0 saturated carbocycles. The topological polar surface area (TPSA) is 44.8 Å². The number of benzene rings is 2. The molecule has 1 aliphatic heterocycles. The number of carbonyl (C=O) groups is 1. The fourth-order valence-corrected chi connectivity index (χ4v) is 2.53. The van der Waals surface area contributed by atoms with Crippen molar-refractivity contribution in [1.29, 1.82) is 0 Å². The standard InChI is InChI=1S/C17H15FO2.C7H14O2/c1-12-4-3-5-15(10-12)16(18)11-13-6-8-14(9-7-13)17(19)20-2;1-6(2)7(3,4)9-5-8-6/h3-11H,1-2H3;5H2,1-4H3/b16-11-;. The lowest BCUT2D eigenvalue weighted by atomic mass is 9.90. The second kappa shape index (κ2) is 9.33. The van der Waals surface area contributed by atoms with Crippen LogP contribution in [0.4, 0.5) is 4.39 Å². The molecule has 0 amide bonds. The zero-order valence-corrected chi connectivity index (χ0v) is 17.9. The summed E-state index contributed by atoms with van der Waals surface area (Å²) < 4.78 is 29.4. The molecule has 0 aliphatic carbocycles. The van der Waals surface area contributed by atoms with Crippen LogP contribution >= 0.6 is 0 Å². The number of halogens is 1. The van der Waals surface area contributed by atoms with E-state index in [0.29, 0.717) is 23.5 Å². The first-order valence-electron chi connectivity index (χ1n) is 9.46. The van der Waals surface area contributed by atoms with Gasteiger partial charge in [0.2, 0.25) is 0 Å². The van der Waals surface area contributed by atoms with Crippen molar-refractivity contribution in [3.05, 3.63) is 70.8 Å². The number of hydrogen-bond donors (Lipinski definition) is 0.